The van der Waals surface area contributed by atoms with Crippen LogP contribution in [-0.4, -0.2) is 30.4 Å². The van der Waals surface area contributed by atoms with Gasteiger partial charge < -0.3 is 10.6 Å². The van der Waals surface area contributed by atoms with Crippen molar-refractivity contribution in [3.8, 4) is 11.8 Å². The maximum absolute atomic E-state index is 13.5. The molecule has 0 aliphatic rings. The molecule has 114 valence electrons. The van der Waals surface area contributed by atoms with Crippen LogP contribution >= 0.6 is 0 Å². The molecule has 0 saturated carbocycles. The van der Waals surface area contributed by atoms with Gasteiger partial charge in [0.15, 0.2) is 0 Å². The lowest BCUT2D eigenvalue weighted by molar-refractivity contribution is 0.0727. The lowest BCUT2D eigenvalue weighted by Crippen LogP contribution is -2.36. The van der Waals surface area contributed by atoms with E-state index in [2.05, 4.69) is 25.7 Å². The Bertz CT molecular complexity index is 558. The minimum atomic E-state index is -0.443. The predicted octanol–water partition coefficient (Wildman–Crippen LogP) is 2.64. The molecule has 1 aromatic rings. The fraction of sp³-hybridized carbons (Fsp3) is 0.471. The van der Waals surface area contributed by atoms with Gasteiger partial charge >= 0.3 is 0 Å². The van der Waals surface area contributed by atoms with Crippen molar-refractivity contribution < 1.29 is 9.18 Å². The van der Waals surface area contributed by atoms with Gasteiger partial charge in [0.25, 0.3) is 5.91 Å². The largest absolute Gasteiger partial charge is 0.339 e. The highest BCUT2D eigenvalue weighted by molar-refractivity contribution is 5.96. The minimum absolute atomic E-state index is 0.0797. The molecule has 0 fully saturated rings. The molecule has 0 aromatic heterocycles. The van der Waals surface area contributed by atoms with E-state index in [0.29, 0.717) is 11.5 Å². The van der Waals surface area contributed by atoms with Crippen LogP contribution in [-0.2, 0) is 0 Å². The van der Waals surface area contributed by atoms with E-state index in [1.165, 1.54) is 18.2 Å². The van der Waals surface area contributed by atoms with Gasteiger partial charge in [0.2, 0.25) is 0 Å². The summed E-state index contributed by atoms with van der Waals surface area (Å²) in [5.74, 6) is 5.35. The topological polar surface area (TPSA) is 46.3 Å². The molecule has 0 spiro atoms. The van der Waals surface area contributed by atoms with Gasteiger partial charge in [-0.05, 0) is 37.5 Å². The van der Waals surface area contributed by atoms with E-state index in [9.17, 15) is 9.18 Å². The Morgan fingerprint density at radius 3 is 2.62 bits per heavy atom. The first kappa shape index (κ1) is 17.2. The predicted molar refractivity (Wildman–Crippen MR) is 83.3 cm³/mol. The van der Waals surface area contributed by atoms with Crippen molar-refractivity contribution in [2.24, 2.45) is 11.7 Å². The summed E-state index contributed by atoms with van der Waals surface area (Å²) in [5, 5.41) is 0. The van der Waals surface area contributed by atoms with E-state index in [-0.39, 0.29) is 24.1 Å². The Kier molecular flexibility index (Phi) is 6.39. The van der Waals surface area contributed by atoms with Gasteiger partial charge in [-0.25, -0.2) is 4.39 Å². The molecule has 0 radical (unpaired) electrons. The Balaban J connectivity index is 3.08. The Morgan fingerprint density at radius 2 is 2.05 bits per heavy atom. The van der Waals surface area contributed by atoms with E-state index in [0.717, 1.165) is 6.42 Å². The van der Waals surface area contributed by atoms with E-state index in [1.807, 2.05) is 6.92 Å². The molecule has 0 aliphatic heterocycles. The van der Waals surface area contributed by atoms with Crippen LogP contribution in [0.3, 0.4) is 0 Å². The highest BCUT2D eigenvalue weighted by atomic mass is 19.1. The van der Waals surface area contributed by atoms with Gasteiger partial charge in [-0.1, -0.05) is 25.7 Å². The summed E-state index contributed by atoms with van der Waals surface area (Å²) in [4.78, 5) is 14.2. The number of benzene rings is 1. The molecule has 0 aliphatic carbocycles. The quantitative estimate of drug-likeness (QED) is 0.867. The van der Waals surface area contributed by atoms with Crippen molar-refractivity contribution >= 4 is 5.91 Å². The lowest BCUT2D eigenvalue weighted by atomic mass is 10.0. The zero-order valence-electron chi connectivity index (χ0n) is 13.1. The Labute approximate surface area is 126 Å². The van der Waals surface area contributed by atoms with Crippen LogP contribution in [0.25, 0.3) is 0 Å². The number of nitrogens with zero attached hydrogens (tertiary/aromatic N) is 1. The lowest BCUT2D eigenvalue weighted by Gasteiger charge is -2.26. The molecule has 0 saturated heterocycles. The maximum Gasteiger partial charge on any atom is 0.255 e. The standard InChI is InChI=1S/C17H23FN2O/c1-12(2)10-13(3)20(4)17(21)16-11-15(18)8-7-14(16)6-5-9-19/h7-8,11-13H,9-10,19H2,1-4H3. The summed E-state index contributed by atoms with van der Waals surface area (Å²) < 4.78 is 13.5. The van der Waals surface area contributed by atoms with Crippen LogP contribution in [0.4, 0.5) is 4.39 Å². The van der Waals surface area contributed by atoms with Crippen molar-refractivity contribution in [2.75, 3.05) is 13.6 Å². The summed E-state index contributed by atoms with van der Waals surface area (Å²) in [6.45, 7) is 6.40. The number of hydrogen-bond donors (Lipinski definition) is 1. The molecule has 0 bridgehead atoms. The fourth-order valence-corrected chi connectivity index (χ4v) is 2.18. The molecule has 0 heterocycles. The highest BCUT2D eigenvalue weighted by Crippen LogP contribution is 2.17. The Hall–Kier alpha value is -1.86. The van der Waals surface area contributed by atoms with Crippen LogP contribution in [0.15, 0.2) is 18.2 Å². The first-order chi connectivity index (χ1) is 9.86. The van der Waals surface area contributed by atoms with Crippen LogP contribution in [0.5, 0.6) is 0 Å². The molecule has 1 atom stereocenters. The number of carbonyl (C=O) groups is 1. The molecular formula is C17H23FN2O. The second-order valence-electron chi connectivity index (χ2n) is 5.59. The van der Waals surface area contributed by atoms with Crippen molar-refractivity contribution in [1.29, 1.82) is 0 Å². The van der Waals surface area contributed by atoms with Crippen molar-refractivity contribution in [3.63, 3.8) is 0 Å². The third-order valence-corrected chi connectivity index (χ3v) is 3.33. The number of nitrogens with two attached hydrogens (primary N) is 1. The first-order valence-electron chi connectivity index (χ1n) is 7.12. The molecule has 21 heavy (non-hydrogen) atoms. The second-order valence-corrected chi connectivity index (χ2v) is 5.59. The summed E-state index contributed by atoms with van der Waals surface area (Å²) in [5.41, 5.74) is 6.15. The number of halogens is 1. The Morgan fingerprint density at radius 1 is 1.38 bits per heavy atom. The molecule has 1 rings (SSSR count). The van der Waals surface area contributed by atoms with E-state index >= 15 is 0 Å². The monoisotopic (exact) mass is 290 g/mol. The third kappa shape index (κ3) is 4.87. The van der Waals surface area contributed by atoms with Crippen molar-refractivity contribution in [1.82, 2.24) is 4.90 Å². The highest BCUT2D eigenvalue weighted by Gasteiger charge is 2.21. The van der Waals surface area contributed by atoms with Gasteiger partial charge in [-0.15, -0.1) is 0 Å². The van der Waals surface area contributed by atoms with Gasteiger partial charge in [0.1, 0.15) is 5.82 Å². The minimum Gasteiger partial charge on any atom is -0.339 e. The molecule has 2 N–H and O–H groups in total. The van der Waals surface area contributed by atoms with Gasteiger partial charge in [-0.3, -0.25) is 4.79 Å². The SMILES string of the molecule is CC(C)CC(C)N(C)C(=O)c1cc(F)ccc1C#CCN. The number of amides is 1. The van der Waals surface area contributed by atoms with E-state index in [4.69, 9.17) is 5.73 Å². The molecule has 1 unspecified atom stereocenters. The van der Waals surface area contributed by atoms with Crippen LogP contribution in [0.1, 0.15) is 43.1 Å². The summed E-state index contributed by atoms with van der Waals surface area (Å²) >= 11 is 0. The zero-order chi connectivity index (χ0) is 16.0. The first-order valence-corrected chi connectivity index (χ1v) is 7.12. The molecule has 1 aromatic carbocycles. The van der Waals surface area contributed by atoms with E-state index in [1.54, 1.807) is 11.9 Å². The zero-order valence-corrected chi connectivity index (χ0v) is 13.1. The van der Waals surface area contributed by atoms with Gasteiger partial charge in [0.05, 0.1) is 12.1 Å². The third-order valence-electron chi connectivity index (χ3n) is 3.33. The maximum atomic E-state index is 13.5. The number of rotatable bonds is 4. The summed E-state index contributed by atoms with van der Waals surface area (Å²) in [6.07, 6.45) is 0.890. The molecular weight excluding hydrogens is 267 g/mol. The molecule has 3 nitrogen and oxygen atoms in total. The number of carbonyl (C=O) groups excluding carboxylic acids is 1. The van der Waals surface area contributed by atoms with Crippen molar-refractivity contribution in [3.05, 3.63) is 35.1 Å². The fourth-order valence-electron chi connectivity index (χ4n) is 2.18. The summed E-state index contributed by atoms with van der Waals surface area (Å²) in [7, 11) is 1.74. The molecule has 4 heteroatoms. The average molecular weight is 290 g/mol. The average Bonchev–Trinajstić information content (AvgIpc) is 2.43. The number of hydrogen-bond acceptors (Lipinski definition) is 2. The van der Waals surface area contributed by atoms with Crippen LogP contribution in [0, 0.1) is 23.6 Å². The van der Waals surface area contributed by atoms with Gasteiger partial charge in [-0.2, -0.15) is 0 Å². The normalized spacial score (nSPS) is 11.8. The smallest absolute Gasteiger partial charge is 0.255 e. The van der Waals surface area contributed by atoms with Gasteiger partial charge in [0, 0.05) is 18.7 Å². The van der Waals surface area contributed by atoms with Crippen molar-refractivity contribution in [2.45, 2.75) is 33.2 Å². The van der Waals surface area contributed by atoms with Crippen LogP contribution in [0.2, 0.25) is 0 Å². The molecule has 1 amide bonds. The van der Waals surface area contributed by atoms with Crippen LogP contribution < -0.4 is 5.73 Å². The second kappa shape index (κ2) is 7.80. The van der Waals surface area contributed by atoms with E-state index < -0.39 is 5.82 Å². The summed E-state index contributed by atoms with van der Waals surface area (Å²) in [6, 6.07) is 4.14.